The third kappa shape index (κ3) is 4.13. The number of sulfonamides is 1. The Morgan fingerprint density at radius 1 is 0.893 bits per heavy atom. The van der Waals surface area contributed by atoms with Gasteiger partial charge >= 0.3 is 0 Å². The minimum absolute atomic E-state index is 0.0533. The third-order valence-corrected chi connectivity index (χ3v) is 7.67. The van der Waals surface area contributed by atoms with Gasteiger partial charge in [-0.2, -0.15) is 4.31 Å². The van der Waals surface area contributed by atoms with Crippen molar-refractivity contribution >= 4 is 15.9 Å². The number of hydrogen-bond acceptors (Lipinski definition) is 3. The molecule has 1 saturated carbocycles. The molecule has 0 unspecified atom stereocenters. The van der Waals surface area contributed by atoms with Crippen LogP contribution >= 0.6 is 0 Å². The molecule has 1 heterocycles. The molecular weight excluding hydrogens is 372 g/mol. The zero-order chi connectivity index (χ0) is 19.6. The quantitative estimate of drug-likeness (QED) is 0.811. The summed E-state index contributed by atoms with van der Waals surface area (Å²) in [5.41, 5.74) is 1.16. The summed E-state index contributed by atoms with van der Waals surface area (Å²) in [5.74, 6) is 0.439. The predicted octanol–water partition coefficient (Wildman–Crippen LogP) is 3.35. The molecule has 0 radical (unpaired) electrons. The Morgan fingerprint density at radius 2 is 1.46 bits per heavy atom. The summed E-state index contributed by atoms with van der Waals surface area (Å²) in [7, 11) is -3.48. The molecule has 1 saturated heterocycles. The van der Waals surface area contributed by atoms with Crippen LogP contribution in [0.3, 0.4) is 0 Å². The van der Waals surface area contributed by atoms with E-state index in [-0.39, 0.29) is 17.9 Å². The molecular formula is C22H26N2O3S. The van der Waals surface area contributed by atoms with Gasteiger partial charge in [-0.3, -0.25) is 4.79 Å². The van der Waals surface area contributed by atoms with Gasteiger partial charge in [-0.25, -0.2) is 8.42 Å². The molecule has 1 atom stereocenters. The van der Waals surface area contributed by atoms with E-state index in [4.69, 9.17) is 0 Å². The van der Waals surface area contributed by atoms with Crippen molar-refractivity contribution in [1.82, 2.24) is 9.62 Å². The van der Waals surface area contributed by atoms with E-state index in [9.17, 15) is 13.2 Å². The summed E-state index contributed by atoms with van der Waals surface area (Å²) in [6.45, 7) is 0.767. The van der Waals surface area contributed by atoms with Gasteiger partial charge in [0, 0.05) is 19.0 Å². The van der Waals surface area contributed by atoms with Gasteiger partial charge in [0.15, 0.2) is 0 Å². The largest absolute Gasteiger partial charge is 0.349 e. The first-order chi connectivity index (χ1) is 13.6. The zero-order valence-corrected chi connectivity index (χ0v) is 16.6. The molecule has 0 aromatic heterocycles. The van der Waals surface area contributed by atoms with Gasteiger partial charge in [0.05, 0.1) is 10.9 Å². The van der Waals surface area contributed by atoms with Crippen molar-refractivity contribution in [2.24, 2.45) is 11.8 Å². The van der Waals surface area contributed by atoms with Crippen molar-refractivity contribution < 1.29 is 13.2 Å². The lowest BCUT2D eigenvalue weighted by Gasteiger charge is -2.31. The van der Waals surface area contributed by atoms with E-state index < -0.39 is 10.0 Å². The fourth-order valence-electron chi connectivity index (χ4n) is 3.93. The van der Waals surface area contributed by atoms with Crippen LogP contribution < -0.4 is 5.32 Å². The molecule has 2 fully saturated rings. The maximum atomic E-state index is 12.9. The van der Waals surface area contributed by atoms with Crippen LogP contribution in [0.2, 0.25) is 0 Å². The van der Waals surface area contributed by atoms with Crippen molar-refractivity contribution in [3.8, 4) is 0 Å². The molecule has 1 amide bonds. The van der Waals surface area contributed by atoms with E-state index in [2.05, 4.69) is 17.4 Å². The second-order valence-corrected chi connectivity index (χ2v) is 9.66. The molecule has 5 nitrogen and oxygen atoms in total. The van der Waals surface area contributed by atoms with Crippen LogP contribution in [0.4, 0.5) is 0 Å². The van der Waals surface area contributed by atoms with Crippen LogP contribution in [0, 0.1) is 11.8 Å². The number of amides is 1. The zero-order valence-electron chi connectivity index (χ0n) is 15.8. The first-order valence-electron chi connectivity index (χ1n) is 9.96. The number of piperidine rings is 1. The van der Waals surface area contributed by atoms with Crippen molar-refractivity contribution in [1.29, 1.82) is 0 Å². The topological polar surface area (TPSA) is 66.5 Å². The number of rotatable bonds is 6. The monoisotopic (exact) mass is 398 g/mol. The highest BCUT2D eigenvalue weighted by Gasteiger charge is 2.36. The first-order valence-corrected chi connectivity index (χ1v) is 11.4. The van der Waals surface area contributed by atoms with E-state index in [0.717, 1.165) is 18.4 Å². The fourth-order valence-corrected chi connectivity index (χ4v) is 5.43. The van der Waals surface area contributed by atoms with E-state index in [0.29, 0.717) is 36.7 Å². The molecule has 148 valence electrons. The van der Waals surface area contributed by atoms with Gasteiger partial charge in [-0.15, -0.1) is 0 Å². The molecule has 1 N–H and O–H groups in total. The van der Waals surface area contributed by atoms with Gasteiger partial charge in [0.25, 0.3) is 0 Å². The minimum Gasteiger partial charge on any atom is -0.349 e. The highest BCUT2D eigenvalue weighted by molar-refractivity contribution is 7.89. The number of benzene rings is 2. The molecule has 1 aliphatic carbocycles. The van der Waals surface area contributed by atoms with Crippen LogP contribution in [-0.4, -0.2) is 31.7 Å². The second kappa shape index (κ2) is 8.05. The molecule has 0 bridgehead atoms. The number of nitrogens with one attached hydrogen (secondary N) is 1. The SMILES string of the molecule is O=C(N[C@H](c1ccccc1)C1CC1)C1CCN(S(=O)(=O)c2ccccc2)CC1. The number of carbonyl (C=O) groups excluding carboxylic acids is 1. The van der Waals surface area contributed by atoms with Gasteiger partial charge in [0.1, 0.15) is 0 Å². The van der Waals surface area contributed by atoms with Crippen molar-refractivity contribution in [3.63, 3.8) is 0 Å². The summed E-state index contributed by atoms with van der Waals surface area (Å²) in [6.07, 6.45) is 3.41. The third-order valence-electron chi connectivity index (χ3n) is 5.76. The maximum absolute atomic E-state index is 12.9. The second-order valence-electron chi connectivity index (χ2n) is 7.73. The molecule has 6 heteroatoms. The van der Waals surface area contributed by atoms with Gasteiger partial charge in [-0.1, -0.05) is 48.5 Å². The van der Waals surface area contributed by atoms with Crippen LogP contribution in [0.5, 0.6) is 0 Å². The Hall–Kier alpha value is -2.18. The Labute approximate surface area is 166 Å². The van der Waals surface area contributed by atoms with Crippen molar-refractivity contribution in [2.45, 2.75) is 36.6 Å². The molecule has 28 heavy (non-hydrogen) atoms. The summed E-state index contributed by atoms with van der Waals surface area (Å²) in [5, 5.41) is 3.24. The number of nitrogens with zero attached hydrogens (tertiary/aromatic N) is 1. The molecule has 2 aromatic rings. The van der Waals surface area contributed by atoms with Crippen LogP contribution in [0.15, 0.2) is 65.6 Å². The van der Waals surface area contributed by atoms with Crippen LogP contribution in [-0.2, 0) is 14.8 Å². The highest BCUT2D eigenvalue weighted by Crippen LogP contribution is 2.41. The number of hydrogen-bond donors (Lipinski definition) is 1. The smallest absolute Gasteiger partial charge is 0.243 e. The standard InChI is InChI=1S/C22H26N2O3S/c25-22(23-21(18-11-12-18)17-7-3-1-4-8-17)19-13-15-24(16-14-19)28(26,27)20-9-5-2-6-10-20/h1-10,18-19,21H,11-16H2,(H,23,25)/t21-/m1/s1. The lowest BCUT2D eigenvalue weighted by Crippen LogP contribution is -2.43. The van der Waals surface area contributed by atoms with E-state index in [1.165, 1.54) is 4.31 Å². The Kier molecular flexibility index (Phi) is 5.51. The van der Waals surface area contributed by atoms with E-state index >= 15 is 0 Å². The Balaban J connectivity index is 1.38. The predicted molar refractivity (Wildman–Crippen MR) is 108 cm³/mol. The number of carbonyl (C=O) groups is 1. The average molecular weight is 399 g/mol. The Morgan fingerprint density at radius 3 is 2.04 bits per heavy atom. The normalized spacial score (nSPS) is 19.9. The van der Waals surface area contributed by atoms with E-state index in [1.54, 1.807) is 30.3 Å². The summed E-state index contributed by atoms with van der Waals surface area (Å²) < 4.78 is 27.0. The summed E-state index contributed by atoms with van der Waals surface area (Å²) in [4.78, 5) is 13.2. The van der Waals surface area contributed by atoms with Crippen molar-refractivity contribution in [3.05, 3.63) is 66.2 Å². The maximum Gasteiger partial charge on any atom is 0.243 e. The van der Waals surface area contributed by atoms with Crippen LogP contribution in [0.1, 0.15) is 37.3 Å². The first kappa shape index (κ1) is 19.2. The van der Waals surface area contributed by atoms with Gasteiger partial charge in [0.2, 0.25) is 15.9 Å². The minimum atomic E-state index is -3.48. The lowest BCUT2D eigenvalue weighted by molar-refractivity contribution is -0.127. The molecule has 1 aliphatic heterocycles. The molecule has 2 aromatic carbocycles. The van der Waals surface area contributed by atoms with Crippen LogP contribution in [0.25, 0.3) is 0 Å². The average Bonchev–Trinajstić information content (AvgIpc) is 3.58. The highest BCUT2D eigenvalue weighted by atomic mass is 32.2. The summed E-state index contributed by atoms with van der Waals surface area (Å²) in [6, 6.07) is 18.7. The molecule has 0 spiro atoms. The van der Waals surface area contributed by atoms with Gasteiger partial charge in [-0.05, 0) is 49.3 Å². The van der Waals surface area contributed by atoms with Gasteiger partial charge < -0.3 is 5.32 Å². The molecule has 4 rings (SSSR count). The summed E-state index contributed by atoms with van der Waals surface area (Å²) >= 11 is 0. The van der Waals surface area contributed by atoms with E-state index in [1.807, 2.05) is 18.2 Å². The Bertz CT molecular complexity index is 903. The lowest BCUT2D eigenvalue weighted by atomic mass is 9.95. The van der Waals surface area contributed by atoms with Crippen molar-refractivity contribution in [2.75, 3.05) is 13.1 Å². The molecule has 2 aliphatic rings. The fraction of sp³-hybridized carbons (Fsp3) is 0.409.